The van der Waals surface area contributed by atoms with Crippen LogP contribution in [0.2, 0.25) is 0 Å². The Morgan fingerprint density at radius 2 is 1.80 bits per heavy atom. The molecule has 0 saturated carbocycles. The van der Waals surface area contributed by atoms with E-state index in [-0.39, 0.29) is 16.9 Å². The van der Waals surface area contributed by atoms with Gasteiger partial charge in [-0.3, -0.25) is 23.6 Å². The quantitative estimate of drug-likeness (QED) is 0.165. The number of nitrogens with two attached hydrogens (primary N) is 2. The molecule has 224 valence electrons. The number of fused-ring (bicyclic) bond motifs is 2. The highest BCUT2D eigenvalue weighted by Gasteiger charge is 2.28. The molecule has 0 radical (unpaired) electrons. The van der Waals surface area contributed by atoms with Gasteiger partial charge in [0.15, 0.2) is 11.4 Å². The van der Waals surface area contributed by atoms with E-state index in [0.717, 1.165) is 0 Å². The molecule has 4 heterocycles. The van der Waals surface area contributed by atoms with E-state index in [1.807, 2.05) is 18.2 Å². The number of H-pyrrole nitrogens is 1. The van der Waals surface area contributed by atoms with Crippen molar-refractivity contribution in [2.45, 2.75) is 25.8 Å². The average Bonchev–Trinajstić information content (AvgIpc) is 3.57. The summed E-state index contributed by atoms with van der Waals surface area (Å²) in [6.07, 6.45) is 4.82. The average molecular weight is 602 g/mol. The summed E-state index contributed by atoms with van der Waals surface area (Å²) in [5, 5.41) is 10.4. The first-order chi connectivity index (χ1) is 21.7. The van der Waals surface area contributed by atoms with Gasteiger partial charge in [0.05, 0.1) is 46.0 Å². The minimum Gasteiger partial charge on any atom is -0.382 e. The molecule has 6 rings (SSSR count). The van der Waals surface area contributed by atoms with E-state index in [4.69, 9.17) is 16.5 Å². The van der Waals surface area contributed by atoms with Crippen LogP contribution in [0.1, 0.15) is 58.8 Å². The van der Waals surface area contributed by atoms with Crippen molar-refractivity contribution < 1.29 is 14.1 Å². The maximum Gasteiger partial charge on any atom is 0.362 e. The van der Waals surface area contributed by atoms with Gasteiger partial charge in [-0.25, -0.2) is 10.1 Å². The summed E-state index contributed by atoms with van der Waals surface area (Å²) < 4.78 is 4.58. The SMILES string of the molecule is CC(NC(=O)c1c(N)[nH][n+]2cccnc12)c1nc2cccc(C#Cc3cnn(C)c3C(C)C(N)=O)c2c(=O)n1-c1ccccc1. The first kappa shape index (κ1) is 28.8. The number of aryl methyl sites for hydroxylation is 1. The Balaban J connectivity index is 1.47. The van der Waals surface area contributed by atoms with Crippen LogP contribution in [0.25, 0.3) is 22.2 Å². The van der Waals surface area contributed by atoms with Crippen molar-refractivity contribution in [3.63, 3.8) is 0 Å². The van der Waals surface area contributed by atoms with Gasteiger partial charge in [0.2, 0.25) is 5.91 Å². The Morgan fingerprint density at radius 1 is 1.04 bits per heavy atom. The zero-order valence-corrected chi connectivity index (χ0v) is 24.6. The largest absolute Gasteiger partial charge is 0.382 e. The lowest BCUT2D eigenvalue weighted by molar-refractivity contribution is -0.577. The zero-order valence-electron chi connectivity index (χ0n) is 24.6. The normalized spacial score (nSPS) is 12.4. The molecule has 0 bridgehead atoms. The maximum absolute atomic E-state index is 14.3. The van der Waals surface area contributed by atoms with Crippen LogP contribution < -0.4 is 26.9 Å². The number of nitrogen functional groups attached to an aromatic ring is 1. The summed E-state index contributed by atoms with van der Waals surface area (Å²) >= 11 is 0. The van der Waals surface area contributed by atoms with Crippen molar-refractivity contribution in [3.8, 4) is 17.5 Å². The summed E-state index contributed by atoms with van der Waals surface area (Å²) in [5.41, 5.74) is 14.3. The summed E-state index contributed by atoms with van der Waals surface area (Å²) in [7, 11) is 1.71. The number of carbonyl (C=O) groups excluding carboxylic acids is 2. The van der Waals surface area contributed by atoms with Crippen molar-refractivity contribution >= 4 is 34.2 Å². The molecule has 2 unspecified atom stereocenters. The molecule has 0 aliphatic rings. The molecule has 0 fully saturated rings. The van der Waals surface area contributed by atoms with E-state index < -0.39 is 23.8 Å². The Labute approximate surface area is 256 Å². The van der Waals surface area contributed by atoms with Crippen LogP contribution in [0.15, 0.2) is 78.0 Å². The third-order valence-electron chi connectivity index (χ3n) is 7.53. The number of anilines is 1. The molecule has 2 atom stereocenters. The molecule has 0 aliphatic carbocycles. The number of carbonyl (C=O) groups is 2. The highest BCUT2D eigenvalue weighted by Crippen LogP contribution is 2.22. The summed E-state index contributed by atoms with van der Waals surface area (Å²) in [5.74, 6) is 5.01. The molecule has 6 aromatic rings. The van der Waals surface area contributed by atoms with E-state index in [1.165, 1.54) is 4.57 Å². The van der Waals surface area contributed by atoms with Crippen LogP contribution in [0.5, 0.6) is 0 Å². The number of amides is 2. The maximum atomic E-state index is 14.3. The van der Waals surface area contributed by atoms with Gasteiger partial charge in [-0.15, -0.1) is 4.52 Å². The van der Waals surface area contributed by atoms with Crippen LogP contribution in [-0.2, 0) is 11.8 Å². The molecule has 13 heteroatoms. The second-order valence-corrected chi connectivity index (χ2v) is 10.5. The molecule has 2 amide bonds. The molecule has 0 saturated heterocycles. The van der Waals surface area contributed by atoms with Crippen molar-refractivity contribution in [2.75, 3.05) is 5.73 Å². The van der Waals surface area contributed by atoms with Crippen LogP contribution in [-0.4, -0.2) is 41.2 Å². The molecule has 4 aromatic heterocycles. The van der Waals surface area contributed by atoms with Gasteiger partial charge < -0.3 is 16.8 Å². The number of rotatable bonds is 6. The first-order valence-electron chi connectivity index (χ1n) is 14.0. The minimum absolute atomic E-state index is 0.149. The Hall–Kier alpha value is -6.29. The lowest BCUT2D eigenvalue weighted by atomic mass is 10.0. The lowest BCUT2D eigenvalue weighted by Crippen LogP contribution is -2.34. The molecule has 0 spiro atoms. The van der Waals surface area contributed by atoms with Crippen molar-refractivity contribution in [1.29, 1.82) is 0 Å². The second kappa shape index (κ2) is 11.4. The first-order valence-corrected chi connectivity index (χ1v) is 14.0. The Kier molecular flexibility index (Phi) is 7.31. The molecule has 2 aromatic carbocycles. The molecule has 6 N–H and O–H groups in total. The molecular formula is C32H29N10O3+. The lowest BCUT2D eigenvalue weighted by Gasteiger charge is -2.19. The molecule has 13 nitrogen and oxygen atoms in total. The smallest absolute Gasteiger partial charge is 0.362 e. The summed E-state index contributed by atoms with van der Waals surface area (Å²) in [4.78, 5) is 48.8. The fraction of sp³-hybridized carbons (Fsp3) is 0.156. The van der Waals surface area contributed by atoms with E-state index in [9.17, 15) is 14.4 Å². The van der Waals surface area contributed by atoms with Crippen molar-refractivity contribution in [2.24, 2.45) is 12.8 Å². The topological polar surface area (TPSA) is 184 Å². The predicted octanol–water partition coefficient (Wildman–Crippen LogP) is 1.64. The van der Waals surface area contributed by atoms with Gasteiger partial charge in [-0.1, -0.05) is 36.1 Å². The third kappa shape index (κ3) is 5.14. The van der Waals surface area contributed by atoms with Crippen LogP contribution in [0.3, 0.4) is 0 Å². The van der Waals surface area contributed by atoms with Gasteiger partial charge >= 0.3 is 5.65 Å². The zero-order chi connectivity index (χ0) is 31.8. The van der Waals surface area contributed by atoms with E-state index in [2.05, 4.69) is 32.3 Å². The van der Waals surface area contributed by atoms with E-state index >= 15 is 0 Å². The van der Waals surface area contributed by atoms with E-state index in [1.54, 1.807) is 85.1 Å². The van der Waals surface area contributed by atoms with Crippen LogP contribution in [0.4, 0.5) is 5.82 Å². The third-order valence-corrected chi connectivity index (χ3v) is 7.53. The van der Waals surface area contributed by atoms with E-state index in [0.29, 0.717) is 44.9 Å². The highest BCUT2D eigenvalue weighted by molar-refractivity contribution is 6.03. The molecular weight excluding hydrogens is 572 g/mol. The Bertz CT molecular complexity index is 2240. The number of hydrogen-bond donors (Lipinski definition) is 4. The fourth-order valence-electron chi connectivity index (χ4n) is 5.30. The number of hydrogen-bond acceptors (Lipinski definition) is 7. The minimum atomic E-state index is -0.726. The Morgan fingerprint density at radius 3 is 2.56 bits per heavy atom. The number of nitrogens with one attached hydrogen (secondary N) is 2. The number of para-hydroxylation sites is 1. The number of primary amides is 1. The number of nitrogens with zero attached hydrogens (tertiary/aromatic N) is 6. The summed E-state index contributed by atoms with van der Waals surface area (Å²) in [6.45, 7) is 3.43. The van der Waals surface area contributed by atoms with Crippen molar-refractivity contribution in [1.82, 2.24) is 34.7 Å². The second-order valence-electron chi connectivity index (χ2n) is 10.5. The van der Waals surface area contributed by atoms with Crippen molar-refractivity contribution in [3.05, 3.63) is 112 Å². The van der Waals surface area contributed by atoms with Gasteiger partial charge in [0.1, 0.15) is 18.2 Å². The van der Waals surface area contributed by atoms with Crippen LogP contribution >= 0.6 is 0 Å². The molecule has 0 aliphatic heterocycles. The van der Waals surface area contributed by atoms with Gasteiger partial charge in [-0.2, -0.15) is 5.10 Å². The highest BCUT2D eigenvalue weighted by atomic mass is 16.2. The van der Waals surface area contributed by atoms with Gasteiger partial charge in [0, 0.05) is 18.7 Å². The summed E-state index contributed by atoms with van der Waals surface area (Å²) in [6, 6.07) is 15.2. The number of aromatic nitrogens is 7. The standard InChI is InChI=1S/C32H28N10O3/c1-18(28(34)43)26-21(17-36-40(26)3)14-13-20-9-7-12-23-24(20)32(45)42(22-10-5-4-6-11-22)29(38-23)19(2)37-31(44)25-27(33)39-41-16-8-15-35-30(25)41/h4-12,15-19H,1-3H3,(H5,33,34,37,39,43,44)/p+1. The predicted molar refractivity (Wildman–Crippen MR) is 166 cm³/mol. The number of aromatic amines is 1. The fourth-order valence-corrected chi connectivity index (χ4v) is 5.30. The number of benzene rings is 2. The monoisotopic (exact) mass is 601 g/mol. The molecule has 45 heavy (non-hydrogen) atoms. The van der Waals surface area contributed by atoms with Gasteiger partial charge in [0.25, 0.3) is 11.5 Å². The van der Waals surface area contributed by atoms with Crippen LogP contribution in [0, 0.1) is 11.8 Å². The van der Waals surface area contributed by atoms with Gasteiger partial charge in [-0.05, 0) is 43.1 Å².